The first-order valence-electron chi connectivity index (χ1n) is 9.63. The van der Waals surface area contributed by atoms with Crippen LogP contribution in [0.4, 0.5) is 5.95 Å². The molecule has 0 saturated carbocycles. The van der Waals surface area contributed by atoms with Crippen molar-refractivity contribution in [3.63, 3.8) is 0 Å². The number of benzene rings is 1. The lowest BCUT2D eigenvalue weighted by molar-refractivity contribution is -0.127. The van der Waals surface area contributed by atoms with E-state index in [4.69, 9.17) is 11.6 Å². The SMILES string of the molecule is CSCC(=O)N1CC2CN(c3ncc(Cl)cn3)CC2(CCc2ccccc2)C1. The van der Waals surface area contributed by atoms with Gasteiger partial charge in [-0.15, -0.1) is 0 Å². The van der Waals surface area contributed by atoms with Crippen molar-refractivity contribution < 1.29 is 4.79 Å². The molecule has 1 amide bonds. The molecule has 2 aromatic rings. The molecule has 0 spiro atoms. The van der Waals surface area contributed by atoms with E-state index in [0.717, 1.165) is 45.0 Å². The molecule has 4 rings (SSSR count). The van der Waals surface area contributed by atoms with Crippen LogP contribution in [-0.4, -0.2) is 59.0 Å². The van der Waals surface area contributed by atoms with Gasteiger partial charge in [-0.05, 0) is 24.7 Å². The molecule has 2 aliphatic heterocycles. The number of amides is 1. The molecule has 1 aromatic heterocycles. The maximum absolute atomic E-state index is 12.5. The van der Waals surface area contributed by atoms with E-state index in [1.807, 2.05) is 6.26 Å². The summed E-state index contributed by atoms with van der Waals surface area (Å²) in [6.07, 6.45) is 7.39. The van der Waals surface area contributed by atoms with E-state index in [2.05, 4.69) is 50.1 Å². The summed E-state index contributed by atoms with van der Waals surface area (Å²) in [5.74, 6) is 2.00. The minimum absolute atomic E-state index is 0.0902. The predicted octanol–water partition coefficient (Wildman–Crippen LogP) is 3.39. The molecule has 7 heteroatoms. The number of aromatic nitrogens is 2. The van der Waals surface area contributed by atoms with Gasteiger partial charge < -0.3 is 9.80 Å². The second kappa shape index (κ2) is 8.29. The van der Waals surface area contributed by atoms with Gasteiger partial charge in [-0.3, -0.25) is 4.79 Å². The Morgan fingerprint density at radius 3 is 2.68 bits per heavy atom. The van der Waals surface area contributed by atoms with E-state index in [1.54, 1.807) is 24.2 Å². The van der Waals surface area contributed by atoms with Crippen molar-refractivity contribution in [1.82, 2.24) is 14.9 Å². The van der Waals surface area contributed by atoms with Gasteiger partial charge in [0.1, 0.15) is 0 Å². The van der Waals surface area contributed by atoms with Crippen LogP contribution in [0.5, 0.6) is 0 Å². The summed E-state index contributed by atoms with van der Waals surface area (Å²) in [7, 11) is 0. The normalized spacial score (nSPS) is 23.9. The van der Waals surface area contributed by atoms with E-state index in [0.29, 0.717) is 16.7 Å². The van der Waals surface area contributed by atoms with E-state index in [1.165, 1.54) is 5.56 Å². The van der Waals surface area contributed by atoms with Gasteiger partial charge in [0, 0.05) is 37.5 Å². The monoisotopic (exact) mass is 416 g/mol. The number of hydrogen-bond donors (Lipinski definition) is 0. The van der Waals surface area contributed by atoms with Crippen LogP contribution in [0.1, 0.15) is 12.0 Å². The van der Waals surface area contributed by atoms with Gasteiger partial charge in [0.05, 0.1) is 23.2 Å². The molecule has 3 heterocycles. The largest absolute Gasteiger partial charge is 0.341 e. The van der Waals surface area contributed by atoms with Crippen LogP contribution in [0.15, 0.2) is 42.7 Å². The smallest absolute Gasteiger partial charge is 0.232 e. The molecule has 2 atom stereocenters. The standard InChI is InChI=1S/C21H25ClN4OS/c1-28-13-19(27)25-11-17-12-26(20-23-9-18(22)10-24-20)15-21(17,14-25)8-7-16-5-3-2-4-6-16/h2-6,9-10,17H,7-8,11-15H2,1H3. The number of carbonyl (C=O) groups is 1. The molecular weight excluding hydrogens is 392 g/mol. The highest BCUT2D eigenvalue weighted by Gasteiger charge is 2.53. The molecule has 1 aromatic carbocycles. The van der Waals surface area contributed by atoms with Gasteiger partial charge >= 0.3 is 0 Å². The van der Waals surface area contributed by atoms with Crippen molar-refractivity contribution in [2.45, 2.75) is 12.8 Å². The van der Waals surface area contributed by atoms with Gasteiger partial charge in [-0.1, -0.05) is 41.9 Å². The molecule has 2 unspecified atom stereocenters. The third-order valence-electron chi connectivity index (χ3n) is 6.02. The summed E-state index contributed by atoms with van der Waals surface area (Å²) in [6, 6.07) is 10.6. The molecule has 0 bridgehead atoms. The first kappa shape index (κ1) is 19.5. The number of anilines is 1. The van der Waals surface area contributed by atoms with Crippen molar-refractivity contribution in [2.24, 2.45) is 11.3 Å². The third-order valence-corrected chi connectivity index (χ3v) is 6.75. The zero-order valence-electron chi connectivity index (χ0n) is 16.1. The Morgan fingerprint density at radius 2 is 1.96 bits per heavy atom. The molecule has 2 aliphatic rings. The summed E-state index contributed by atoms with van der Waals surface area (Å²) in [6.45, 7) is 3.43. The number of carbonyl (C=O) groups excluding carboxylic acids is 1. The van der Waals surface area contributed by atoms with Gasteiger partial charge in [-0.25, -0.2) is 9.97 Å². The Morgan fingerprint density at radius 1 is 1.21 bits per heavy atom. The highest BCUT2D eigenvalue weighted by atomic mass is 35.5. The number of likely N-dealkylation sites (tertiary alicyclic amines) is 1. The average Bonchev–Trinajstić information content (AvgIpc) is 3.23. The summed E-state index contributed by atoms with van der Waals surface area (Å²) < 4.78 is 0. The molecule has 5 nitrogen and oxygen atoms in total. The van der Waals surface area contributed by atoms with Crippen LogP contribution in [0.3, 0.4) is 0 Å². The lowest BCUT2D eigenvalue weighted by Crippen LogP contribution is -2.38. The molecule has 0 radical (unpaired) electrons. The number of thioether (sulfide) groups is 1. The van der Waals surface area contributed by atoms with E-state index in [-0.39, 0.29) is 11.3 Å². The maximum atomic E-state index is 12.5. The van der Waals surface area contributed by atoms with Gasteiger partial charge in [0.2, 0.25) is 11.9 Å². The fourth-order valence-corrected chi connectivity index (χ4v) is 5.13. The molecule has 2 saturated heterocycles. The van der Waals surface area contributed by atoms with Crippen LogP contribution in [-0.2, 0) is 11.2 Å². The highest BCUT2D eigenvalue weighted by Crippen LogP contribution is 2.46. The quantitative estimate of drug-likeness (QED) is 0.722. The second-order valence-electron chi connectivity index (χ2n) is 7.83. The van der Waals surface area contributed by atoms with Crippen LogP contribution in [0.25, 0.3) is 0 Å². The van der Waals surface area contributed by atoms with Crippen LogP contribution < -0.4 is 4.90 Å². The summed E-state index contributed by atoms with van der Waals surface area (Å²) in [5, 5.41) is 0.552. The molecule has 148 valence electrons. The van der Waals surface area contributed by atoms with Crippen molar-refractivity contribution in [2.75, 3.05) is 43.1 Å². The topological polar surface area (TPSA) is 49.3 Å². The van der Waals surface area contributed by atoms with E-state index < -0.39 is 0 Å². The first-order chi connectivity index (χ1) is 13.6. The Hall–Kier alpha value is -1.79. The summed E-state index contributed by atoms with van der Waals surface area (Å²) in [4.78, 5) is 25.7. The molecule has 28 heavy (non-hydrogen) atoms. The predicted molar refractivity (Wildman–Crippen MR) is 115 cm³/mol. The van der Waals surface area contributed by atoms with Crippen molar-refractivity contribution in [3.05, 3.63) is 53.3 Å². The summed E-state index contributed by atoms with van der Waals surface area (Å²) in [5.41, 5.74) is 1.44. The maximum Gasteiger partial charge on any atom is 0.232 e. The number of fused-ring (bicyclic) bond motifs is 1. The van der Waals surface area contributed by atoms with Gasteiger partial charge in [0.15, 0.2) is 0 Å². The highest BCUT2D eigenvalue weighted by molar-refractivity contribution is 7.99. The van der Waals surface area contributed by atoms with Gasteiger partial charge in [-0.2, -0.15) is 11.8 Å². The second-order valence-corrected chi connectivity index (χ2v) is 9.14. The fourth-order valence-electron chi connectivity index (χ4n) is 4.60. The number of aryl methyl sites for hydroxylation is 1. The Balaban J connectivity index is 1.53. The number of rotatable bonds is 6. The van der Waals surface area contributed by atoms with Crippen molar-refractivity contribution >= 4 is 35.2 Å². The minimum atomic E-state index is 0.0902. The zero-order chi connectivity index (χ0) is 19.6. The van der Waals surface area contributed by atoms with Crippen LogP contribution in [0.2, 0.25) is 5.02 Å². The Labute approximate surface area is 175 Å². The number of hydrogen-bond acceptors (Lipinski definition) is 5. The average molecular weight is 417 g/mol. The van der Waals surface area contributed by atoms with Crippen molar-refractivity contribution in [3.8, 4) is 0 Å². The van der Waals surface area contributed by atoms with Crippen molar-refractivity contribution in [1.29, 1.82) is 0 Å². The third kappa shape index (κ3) is 3.98. The summed E-state index contributed by atoms with van der Waals surface area (Å²) >= 11 is 7.55. The number of nitrogens with zero attached hydrogens (tertiary/aromatic N) is 4. The van der Waals surface area contributed by atoms with Crippen LogP contribution in [0, 0.1) is 11.3 Å². The van der Waals surface area contributed by atoms with E-state index >= 15 is 0 Å². The minimum Gasteiger partial charge on any atom is -0.341 e. The Kier molecular flexibility index (Phi) is 5.78. The molecule has 0 aliphatic carbocycles. The fraction of sp³-hybridized carbons (Fsp3) is 0.476. The van der Waals surface area contributed by atoms with Crippen LogP contribution >= 0.6 is 23.4 Å². The lowest BCUT2D eigenvalue weighted by Gasteiger charge is -2.29. The lowest BCUT2D eigenvalue weighted by atomic mass is 9.76. The van der Waals surface area contributed by atoms with E-state index in [9.17, 15) is 4.79 Å². The molecular formula is C21H25ClN4OS. The zero-order valence-corrected chi connectivity index (χ0v) is 17.6. The first-order valence-corrected chi connectivity index (χ1v) is 11.4. The van der Waals surface area contributed by atoms with Gasteiger partial charge in [0.25, 0.3) is 0 Å². The molecule has 0 N–H and O–H groups in total. The Bertz CT molecular complexity index is 819. The molecule has 2 fully saturated rings. The number of halogens is 1.